The van der Waals surface area contributed by atoms with Gasteiger partial charge in [-0.1, -0.05) is 51.6 Å². The largest absolute Gasteiger partial charge is 0.396 e. The zero-order valence-electron chi connectivity index (χ0n) is 12.4. The number of rotatable bonds is 6. The molecular formula is C15H31NOS. The van der Waals surface area contributed by atoms with Gasteiger partial charge >= 0.3 is 0 Å². The monoisotopic (exact) mass is 273 g/mol. The zero-order valence-corrected chi connectivity index (χ0v) is 13.2. The third-order valence-corrected chi connectivity index (χ3v) is 2.88. The van der Waals surface area contributed by atoms with Gasteiger partial charge in [0.2, 0.25) is 0 Å². The van der Waals surface area contributed by atoms with Gasteiger partial charge in [-0.15, -0.1) is 0 Å². The minimum atomic E-state index is 0.765. The third kappa shape index (κ3) is 12.1. The summed E-state index contributed by atoms with van der Waals surface area (Å²) in [6, 6.07) is 0. The Kier molecular flexibility index (Phi) is 18.4. The van der Waals surface area contributed by atoms with Crippen LogP contribution in [0.5, 0.6) is 0 Å². The molecule has 3 heteroatoms. The van der Waals surface area contributed by atoms with E-state index >= 15 is 0 Å². The fourth-order valence-corrected chi connectivity index (χ4v) is 1.91. The van der Waals surface area contributed by atoms with Crippen molar-refractivity contribution in [3.05, 3.63) is 12.2 Å². The van der Waals surface area contributed by atoms with Crippen molar-refractivity contribution in [3.8, 4) is 0 Å². The summed E-state index contributed by atoms with van der Waals surface area (Å²) in [7, 11) is 0. The summed E-state index contributed by atoms with van der Waals surface area (Å²) in [6.45, 7) is 12.2. The van der Waals surface area contributed by atoms with Crippen molar-refractivity contribution in [1.29, 1.82) is 0 Å². The maximum absolute atomic E-state index is 5.54. The van der Waals surface area contributed by atoms with Crippen LogP contribution in [0.4, 0.5) is 0 Å². The molecule has 2 nitrogen and oxygen atoms in total. The molecule has 0 aromatic heterocycles. The summed E-state index contributed by atoms with van der Waals surface area (Å²) in [5, 5.41) is 0. The minimum absolute atomic E-state index is 0.765. The van der Waals surface area contributed by atoms with E-state index in [-0.39, 0.29) is 0 Å². The van der Waals surface area contributed by atoms with Crippen LogP contribution in [0.15, 0.2) is 12.2 Å². The van der Waals surface area contributed by atoms with Gasteiger partial charge in [0.05, 0.1) is 5.49 Å². The van der Waals surface area contributed by atoms with Crippen LogP contribution in [0, 0.1) is 5.92 Å². The molecule has 108 valence electrons. The van der Waals surface area contributed by atoms with E-state index in [0.717, 1.165) is 24.6 Å². The summed E-state index contributed by atoms with van der Waals surface area (Å²) < 4.78 is 5.54. The van der Waals surface area contributed by atoms with Gasteiger partial charge in [-0.05, 0) is 38.0 Å². The Morgan fingerprint density at radius 3 is 2.50 bits per heavy atom. The van der Waals surface area contributed by atoms with Crippen LogP contribution in [0.3, 0.4) is 0 Å². The first-order valence-electron chi connectivity index (χ1n) is 7.17. The van der Waals surface area contributed by atoms with Gasteiger partial charge in [0.25, 0.3) is 0 Å². The minimum Gasteiger partial charge on any atom is -0.396 e. The number of hydrogen-bond donors (Lipinski definition) is 1. The Morgan fingerprint density at radius 2 is 2.06 bits per heavy atom. The van der Waals surface area contributed by atoms with Crippen molar-refractivity contribution in [1.82, 2.24) is 0 Å². The highest BCUT2D eigenvalue weighted by Gasteiger charge is 2.18. The summed E-state index contributed by atoms with van der Waals surface area (Å²) >= 11 is 4.05. The number of ether oxygens (including phenoxy) is 1. The molecule has 1 aliphatic carbocycles. The van der Waals surface area contributed by atoms with Crippen LogP contribution in [0.25, 0.3) is 0 Å². The molecule has 1 rings (SSSR count). The number of thiocarbonyl (C=S) groups is 1. The molecule has 0 aromatic carbocycles. The Morgan fingerprint density at radius 1 is 1.44 bits per heavy atom. The highest BCUT2D eigenvalue weighted by Crippen LogP contribution is 2.31. The van der Waals surface area contributed by atoms with Crippen molar-refractivity contribution >= 4 is 17.7 Å². The summed E-state index contributed by atoms with van der Waals surface area (Å²) in [5.41, 5.74) is 7.08. The second kappa shape index (κ2) is 16.6. The van der Waals surface area contributed by atoms with E-state index in [9.17, 15) is 0 Å². The second-order valence-electron chi connectivity index (χ2n) is 4.14. The predicted molar refractivity (Wildman–Crippen MR) is 86.0 cm³/mol. The lowest BCUT2D eigenvalue weighted by atomic mass is 10.0. The van der Waals surface area contributed by atoms with Crippen molar-refractivity contribution in [2.45, 2.75) is 59.3 Å². The summed E-state index contributed by atoms with van der Waals surface area (Å²) in [6.07, 6.45) is 7.57. The van der Waals surface area contributed by atoms with E-state index in [2.05, 4.69) is 31.5 Å². The molecule has 0 spiro atoms. The molecule has 1 fully saturated rings. The van der Waals surface area contributed by atoms with Gasteiger partial charge in [0, 0.05) is 13.2 Å². The molecule has 18 heavy (non-hydrogen) atoms. The van der Waals surface area contributed by atoms with E-state index in [0.29, 0.717) is 0 Å². The van der Waals surface area contributed by atoms with Gasteiger partial charge in [-0.25, -0.2) is 0 Å². The molecule has 0 aliphatic heterocycles. The molecule has 2 N–H and O–H groups in total. The van der Waals surface area contributed by atoms with E-state index in [1.807, 2.05) is 13.8 Å². The molecule has 0 radical (unpaired) electrons. The molecule has 1 unspecified atom stereocenters. The standard InChI is InChI=1S/C12H22O.C2H6.CH3NS/c1-3-4-9-13-10-8-12-7-5-6-11(12)2;1-2;2-1-3/h12H,2-10H2,1H3;1-2H3;1H,(H2,2,3). The highest BCUT2D eigenvalue weighted by molar-refractivity contribution is 7.78. The molecule has 0 aromatic rings. The van der Waals surface area contributed by atoms with Crippen LogP contribution in [0.1, 0.15) is 59.3 Å². The topological polar surface area (TPSA) is 35.2 Å². The van der Waals surface area contributed by atoms with Crippen molar-refractivity contribution in [3.63, 3.8) is 0 Å². The van der Waals surface area contributed by atoms with Crippen LogP contribution < -0.4 is 5.73 Å². The van der Waals surface area contributed by atoms with Crippen molar-refractivity contribution in [2.24, 2.45) is 11.7 Å². The average Bonchev–Trinajstić information content (AvgIpc) is 2.78. The Labute approximate surface area is 119 Å². The molecule has 1 saturated carbocycles. The fraction of sp³-hybridized carbons (Fsp3) is 0.800. The molecule has 0 heterocycles. The maximum atomic E-state index is 5.54. The van der Waals surface area contributed by atoms with E-state index in [1.165, 1.54) is 44.1 Å². The van der Waals surface area contributed by atoms with E-state index in [4.69, 9.17) is 4.74 Å². The number of allylic oxidation sites excluding steroid dienone is 1. The van der Waals surface area contributed by atoms with Crippen molar-refractivity contribution < 1.29 is 4.74 Å². The van der Waals surface area contributed by atoms with Crippen LogP contribution in [-0.2, 0) is 4.74 Å². The van der Waals surface area contributed by atoms with Gasteiger partial charge in [-0.3, -0.25) is 0 Å². The first-order valence-corrected chi connectivity index (χ1v) is 7.64. The van der Waals surface area contributed by atoms with E-state index in [1.54, 1.807) is 0 Å². The average molecular weight is 273 g/mol. The lowest BCUT2D eigenvalue weighted by Crippen LogP contribution is -2.03. The predicted octanol–water partition coefficient (Wildman–Crippen LogP) is 4.48. The summed E-state index contributed by atoms with van der Waals surface area (Å²) in [5.74, 6) is 0.765. The Balaban J connectivity index is 0. The molecular weight excluding hydrogens is 242 g/mol. The first-order chi connectivity index (χ1) is 8.76. The van der Waals surface area contributed by atoms with Crippen molar-refractivity contribution in [2.75, 3.05) is 13.2 Å². The molecule has 1 aliphatic rings. The smallest absolute Gasteiger partial charge is 0.0588 e. The Bertz CT molecular complexity index is 195. The SMILES string of the molecule is C=C1CCCC1CCOCCCC.CC.NC=S. The number of unbranched alkanes of at least 4 members (excludes halogenated alkanes) is 1. The van der Waals surface area contributed by atoms with Crippen LogP contribution in [-0.4, -0.2) is 18.7 Å². The van der Waals surface area contributed by atoms with Gasteiger partial charge in [-0.2, -0.15) is 0 Å². The van der Waals surface area contributed by atoms with Crippen LogP contribution in [0.2, 0.25) is 0 Å². The van der Waals surface area contributed by atoms with Gasteiger partial charge in [0.15, 0.2) is 0 Å². The normalized spacial score (nSPS) is 17.3. The first kappa shape index (κ1) is 19.9. The van der Waals surface area contributed by atoms with Gasteiger partial charge in [0.1, 0.15) is 0 Å². The van der Waals surface area contributed by atoms with Gasteiger partial charge < -0.3 is 10.5 Å². The maximum Gasteiger partial charge on any atom is 0.0588 e. The van der Waals surface area contributed by atoms with E-state index < -0.39 is 0 Å². The molecule has 1 atom stereocenters. The third-order valence-electron chi connectivity index (χ3n) is 2.88. The quantitative estimate of drug-likeness (QED) is 0.440. The number of nitrogens with two attached hydrogens (primary N) is 1. The lowest BCUT2D eigenvalue weighted by molar-refractivity contribution is 0.121. The Hall–Kier alpha value is -0.410. The summed E-state index contributed by atoms with van der Waals surface area (Å²) in [4.78, 5) is 0. The molecule has 0 amide bonds. The number of hydrogen-bond acceptors (Lipinski definition) is 2. The fourth-order valence-electron chi connectivity index (χ4n) is 1.91. The van der Waals surface area contributed by atoms with Crippen LogP contribution >= 0.6 is 12.2 Å². The second-order valence-corrected chi connectivity index (χ2v) is 4.41. The lowest BCUT2D eigenvalue weighted by Gasteiger charge is -2.10. The molecule has 0 bridgehead atoms. The highest BCUT2D eigenvalue weighted by atomic mass is 32.1. The zero-order chi connectivity index (χ0) is 14.2. The molecule has 0 saturated heterocycles.